The minimum absolute atomic E-state index is 0.0861. The number of aliphatic hydroxyl groups is 2. The van der Waals surface area contributed by atoms with Gasteiger partial charge in [0.2, 0.25) is 5.95 Å². The van der Waals surface area contributed by atoms with Crippen molar-refractivity contribution in [2.24, 2.45) is 0 Å². The zero-order valence-electron chi connectivity index (χ0n) is 10.4. The highest BCUT2D eigenvalue weighted by molar-refractivity contribution is 14.1. The van der Waals surface area contributed by atoms with Crippen molar-refractivity contribution >= 4 is 45.4 Å². The van der Waals surface area contributed by atoms with Crippen LogP contribution < -0.4 is 11.5 Å². The fourth-order valence-corrected chi connectivity index (χ4v) is 3.23. The van der Waals surface area contributed by atoms with E-state index in [1.165, 1.54) is 0 Å². The summed E-state index contributed by atoms with van der Waals surface area (Å²) in [4.78, 5) is 8.14. The molecule has 0 radical (unpaired) electrons. The summed E-state index contributed by atoms with van der Waals surface area (Å²) < 4.78 is 8.27. The van der Waals surface area contributed by atoms with Gasteiger partial charge in [0.05, 0.1) is 18.1 Å². The molecule has 0 aromatic carbocycles. The highest BCUT2D eigenvalue weighted by Crippen LogP contribution is 2.34. The van der Waals surface area contributed by atoms with E-state index in [1.807, 2.05) is 6.20 Å². The Morgan fingerprint density at radius 1 is 1.45 bits per heavy atom. The summed E-state index contributed by atoms with van der Waals surface area (Å²) >= 11 is 2.13. The summed E-state index contributed by atoms with van der Waals surface area (Å²) in [7, 11) is 0. The lowest BCUT2D eigenvalue weighted by molar-refractivity contribution is -0.0430. The topological polar surface area (TPSA) is 132 Å². The van der Waals surface area contributed by atoms with E-state index in [4.69, 9.17) is 21.3 Å². The van der Waals surface area contributed by atoms with Crippen LogP contribution in [0.1, 0.15) is 12.6 Å². The van der Waals surface area contributed by atoms with E-state index in [9.17, 15) is 5.11 Å². The largest absolute Gasteiger partial charge is 0.394 e. The lowest BCUT2D eigenvalue weighted by Gasteiger charge is -2.14. The molecule has 9 heteroatoms. The van der Waals surface area contributed by atoms with Crippen LogP contribution in [0.15, 0.2) is 6.20 Å². The Hall–Kier alpha value is -1.17. The molecule has 3 heterocycles. The monoisotopic (exact) mass is 391 g/mol. The number of anilines is 2. The second-order valence-electron chi connectivity index (χ2n) is 4.66. The summed E-state index contributed by atoms with van der Waals surface area (Å²) in [6.45, 7) is -0.229. The Balaban J connectivity index is 2.09. The first-order valence-electron chi connectivity index (χ1n) is 6.04. The lowest BCUT2D eigenvalue weighted by atomic mass is 10.2. The Bertz CT molecular complexity index is 661. The van der Waals surface area contributed by atoms with Gasteiger partial charge in [0.1, 0.15) is 18.1 Å². The van der Waals surface area contributed by atoms with Crippen molar-refractivity contribution in [3.63, 3.8) is 0 Å². The number of fused-ring (bicyclic) bond motifs is 1. The number of nitrogens with two attached hydrogens (primary N) is 2. The Labute approximate surface area is 127 Å². The predicted octanol–water partition coefficient (Wildman–Crippen LogP) is -0.159. The van der Waals surface area contributed by atoms with E-state index in [1.54, 1.807) is 4.57 Å². The molecule has 20 heavy (non-hydrogen) atoms. The quantitative estimate of drug-likeness (QED) is 0.523. The molecule has 0 spiro atoms. The molecule has 3 atom stereocenters. The van der Waals surface area contributed by atoms with Crippen molar-refractivity contribution in [3.05, 3.63) is 9.77 Å². The highest BCUT2D eigenvalue weighted by Gasteiger charge is 2.35. The zero-order chi connectivity index (χ0) is 14.4. The Morgan fingerprint density at radius 3 is 2.85 bits per heavy atom. The van der Waals surface area contributed by atoms with Crippen LogP contribution in [0.25, 0.3) is 11.0 Å². The van der Waals surface area contributed by atoms with Crippen molar-refractivity contribution in [3.8, 4) is 0 Å². The third-order valence-electron chi connectivity index (χ3n) is 3.37. The molecular formula is C11H14IN5O3. The molecule has 0 bridgehead atoms. The maximum Gasteiger partial charge on any atom is 0.223 e. The van der Waals surface area contributed by atoms with Gasteiger partial charge in [-0.1, -0.05) is 0 Å². The SMILES string of the molecule is Nc1nc(N)c2c(I)cn([C@H]3C[C@H](O)[C@@H](CO)O3)c2n1. The molecule has 2 aromatic rings. The van der Waals surface area contributed by atoms with E-state index < -0.39 is 18.4 Å². The van der Waals surface area contributed by atoms with Crippen LogP contribution in [-0.2, 0) is 4.74 Å². The molecule has 1 aliphatic rings. The van der Waals surface area contributed by atoms with Gasteiger partial charge in [0.25, 0.3) is 0 Å². The number of hydrogen-bond acceptors (Lipinski definition) is 7. The van der Waals surface area contributed by atoms with E-state index in [0.717, 1.165) is 3.57 Å². The third kappa shape index (κ3) is 2.10. The molecule has 2 aromatic heterocycles. The number of hydrogen-bond donors (Lipinski definition) is 4. The van der Waals surface area contributed by atoms with Crippen LogP contribution in [0.4, 0.5) is 11.8 Å². The molecule has 0 saturated carbocycles. The summed E-state index contributed by atoms with van der Waals surface area (Å²) in [6.07, 6.45) is 0.479. The van der Waals surface area contributed by atoms with E-state index in [-0.39, 0.29) is 12.6 Å². The normalized spacial score (nSPS) is 26.4. The van der Waals surface area contributed by atoms with Crippen molar-refractivity contribution in [2.45, 2.75) is 24.9 Å². The van der Waals surface area contributed by atoms with Crippen LogP contribution in [0, 0.1) is 3.57 Å². The van der Waals surface area contributed by atoms with E-state index in [2.05, 4.69) is 32.6 Å². The van der Waals surface area contributed by atoms with Crippen LogP contribution in [0.3, 0.4) is 0 Å². The minimum atomic E-state index is -0.711. The van der Waals surface area contributed by atoms with Crippen LogP contribution in [-0.4, -0.2) is 43.6 Å². The van der Waals surface area contributed by atoms with Gasteiger partial charge in [-0.25, -0.2) is 0 Å². The highest BCUT2D eigenvalue weighted by atomic mass is 127. The molecule has 1 aliphatic heterocycles. The van der Waals surface area contributed by atoms with Crippen molar-refractivity contribution in [1.82, 2.24) is 14.5 Å². The van der Waals surface area contributed by atoms with Gasteiger partial charge in [-0.15, -0.1) is 0 Å². The fraction of sp³-hybridized carbons (Fsp3) is 0.455. The van der Waals surface area contributed by atoms with Crippen molar-refractivity contribution < 1.29 is 14.9 Å². The van der Waals surface area contributed by atoms with Gasteiger partial charge >= 0.3 is 0 Å². The first kappa shape index (κ1) is 13.8. The first-order valence-corrected chi connectivity index (χ1v) is 7.12. The van der Waals surface area contributed by atoms with Gasteiger partial charge in [-0.3, -0.25) is 0 Å². The predicted molar refractivity (Wildman–Crippen MR) is 80.7 cm³/mol. The first-order chi connectivity index (χ1) is 9.51. The minimum Gasteiger partial charge on any atom is -0.394 e. The van der Waals surface area contributed by atoms with Gasteiger partial charge < -0.3 is 31.0 Å². The molecule has 1 fully saturated rings. The van der Waals surface area contributed by atoms with Crippen LogP contribution in [0.5, 0.6) is 0 Å². The van der Waals surface area contributed by atoms with Crippen molar-refractivity contribution in [1.29, 1.82) is 0 Å². The smallest absolute Gasteiger partial charge is 0.223 e. The average Bonchev–Trinajstić information content (AvgIpc) is 2.90. The number of aromatic nitrogens is 3. The van der Waals surface area contributed by atoms with Gasteiger partial charge in [-0.05, 0) is 22.6 Å². The molecule has 0 amide bonds. The summed E-state index contributed by atoms with van der Waals surface area (Å²) in [5, 5.41) is 19.7. The molecule has 6 N–H and O–H groups in total. The second-order valence-corrected chi connectivity index (χ2v) is 5.83. The summed E-state index contributed by atoms with van der Waals surface area (Å²) in [5.74, 6) is 0.399. The maximum atomic E-state index is 9.83. The van der Waals surface area contributed by atoms with Gasteiger partial charge in [0, 0.05) is 16.2 Å². The van der Waals surface area contributed by atoms with Gasteiger partial charge in [-0.2, -0.15) is 9.97 Å². The standard InChI is InChI=1S/C11H14IN5O3/c12-4-2-17(7-1-5(19)6(3-18)20-7)10-8(4)9(13)15-11(14)16-10/h2,5-7,18-19H,1,3H2,(H4,13,14,15,16)/t5-,6+,7+/m0/s1. The number of halogens is 1. The van der Waals surface area contributed by atoms with Crippen LogP contribution in [0.2, 0.25) is 0 Å². The Morgan fingerprint density at radius 2 is 2.20 bits per heavy atom. The molecule has 108 valence electrons. The zero-order valence-corrected chi connectivity index (χ0v) is 12.6. The average molecular weight is 391 g/mol. The van der Waals surface area contributed by atoms with Crippen LogP contribution >= 0.6 is 22.6 Å². The maximum absolute atomic E-state index is 9.83. The lowest BCUT2D eigenvalue weighted by Crippen LogP contribution is -2.24. The van der Waals surface area contributed by atoms with E-state index >= 15 is 0 Å². The summed E-state index contributed by atoms with van der Waals surface area (Å²) in [6, 6.07) is 0. The number of nitrogen functional groups attached to an aromatic ring is 2. The number of nitrogens with zero attached hydrogens (tertiary/aromatic N) is 3. The number of aliphatic hydroxyl groups excluding tert-OH is 2. The molecule has 0 aliphatic carbocycles. The Kier molecular flexibility index (Phi) is 3.44. The number of ether oxygens (including phenoxy) is 1. The van der Waals surface area contributed by atoms with E-state index in [0.29, 0.717) is 23.3 Å². The molecule has 8 nitrogen and oxygen atoms in total. The molecule has 3 rings (SSSR count). The number of rotatable bonds is 2. The summed E-state index contributed by atoms with van der Waals surface area (Å²) in [5.41, 5.74) is 12.1. The fourth-order valence-electron chi connectivity index (χ4n) is 2.42. The molecule has 0 unspecified atom stereocenters. The second kappa shape index (κ2) is 4.98. The molecular weight excluding hydrogens is 377 g/mol. The van der Waals surface area contributed by atoms with Crippen molar-refractivity contribution in [2.75, 3.05) is 18.1 Å². The van der Waals surface area contributed by atoms with Gasteiger partial charge in [0.15, 0.2) is 5.65 Å². The third-order valence-corrected chi connectivity index (χ3v) is 4.18. The molecule has 1 saturated heterocycles.